The molecular formula is C23H25N3O4. The van der Waals surface area contributed by atoms with Crippen LogP contribution in [-0.4, -0.2) is 38.0 Å². The summed E-state index contributed by atoms with van der Waals surface area (Å²) in [4.78, 5) is 12.7. The van der Waals surface area contributed by atoms with E-state index in [4.69, 9.17) is 14.2 Å². The maximum absolute atomic E-state index is 12.7. The van der Waals surface area contributed by atoms with Gasteiger partial charge in [-0.3, -0.25) is 4.79 Å². The number of ether oxygens (including phenoxy) is 3. The van der Waals surface area contributed by atoms with Gasteiger partial charge < -0.3 is 18.8 Å². The van der Waals surface area contributed by atoms with E-state index in [9.17, 15) is 4.79 Å². The van der Waals surface area contributed by atoms with Crippen LogP contribution in [0.3, 0.4) is 0 Å². The van der Waals surface area contributed by atoms with Crippen molar-refractivity contribution in [1.29, 1.82) is 0 Å². The summed E-state index contributed by atoms with van der Waals surface area (Å²) in [5.41, 5.74) is 6.67. The Hall–Kier alpha value is -3.74. The molecule has 1 aromatic heterocycles. The van der Waals surface area contributed by atoms with Gasteiger partial charge in [0.05, 0.1) is 33.1 Å². The molecule has 1 heterocycles. The molecule has 0 bridgehead atoms. The Morgan fingerprint density at radius 3 is 2.17 bits per heavy atom. The van der Waals surface area contributed by atoms with E-state index in [1.807, 2.05) is 54.8 Å². The highest BCUT2D eigenvalue weighted by Gasteiger charge is 2.16. The Balaban J connectivity index is 1.81. The van der Waals surface area contributed by atoms with E-state index >= 15 is 0 Å². The summed E-state index contributed by atoms with van der Waals surface area (Å²) in [6, 6.07) is 15.3. The number of nitrogens with zero attached hydrogens (tertiary/aromatic N) is 2. The van der Waals surface area contributed by atoms with Gasteiger partial charge in [0, 0.05) is 22.6 Å². The van der Waals surface area contributed by atoms with Crippen LogP contribution in [0.2, 0.25) is 0 Å². The van der Waals surface area contributed by atoms with E-state index in [1.54, 1.807) is 33.5 Å². The predicted octanol–water partition coefficient (Wildman–Crippen LogP) is 3.88. The molecule has 3 aromatic rings. The molecule has 1 amide bonds. The van der Waals surface area contributed by atoms with Crippen LogP contribution in [-0.2, 0) is 0 Å². The maximum atomic E-state index is 12.7. The third-order valence-electron chi connectivity index (χ3n) is 4.76. The minimum Gasteiger partial charge on any atom is -0.493 e. The number of hydrazone groups is 1. The van der Waals surface area contributed by atoms with Gasteiger partial charge in [0.2, 0.25) is 5.75 Å². The number of rotatable bonds is 7. The van der Waals surface area contributed by atoms with Crippen LogP contribution in [0.4, 0.5) is 0 Å². The molecule has 0 saturated heterocycles. The molecule has 156 valence electrons. The van der Waals surface area contributed by atoms with Crippen LogP contribution < -0.4 is 19.6 Å². The number of amides is 1. The smallest absolute Gasteiger partial charge is 0.273 e. The van der Waals surface area contributed by atoms with E-state index in [2.05, 4.69) is 10.5 Å². The molecule has 7 nitrogen and oxygen atoms in total. The van der Waals surface area contributed by atoms with Crippen LogP contribution >= 0.6 is 0 Å². The number of hydrogen-bond donors (Lipinski definition) is 1. The Kier molecular flexibility index (Phi) is 6.41. The largest absolute Gasteiger partial charge is 0.493 e. The predicted molar refractivity (Wildman–Crippen MR) is 116 cm³/mol. The first kappa shape index (κ1) is 21.0. The summed E-state index contributed by atoms with van der Waals surface area (Å²) >= 11 is 0. The lowest BCUT2D eigenvalue weighted by Crippen LogP contribution is -2.18. The summed E-state index contributed by atoms with van der Waals surface area (Å²) in [6.07, 6.45) is 1.53. The number of carbonyl (C=O) groups excluding carboxylic acids is 1. The van der Waals surface area contributed by atoms with Crippen molar-refractivity contribution in [3.63, 3.8) is 0 Å². The summed E-state index contributed by atoms with van der Waals surface area (Å²) in [5, 5.41) is 4.09. The number of aromatic nitrogens is 1. The molecule has 0 aliphatic rings. The van der Waals surface area contributed by atoms with Crippen LogP contribution in [0.25, 0.3) is 5.69 Å². The molecule has 7 heteroatoms. The summed E-state index contributed by atoms with van der Waals surface area (Å²) < 4.78 is 18.0. The zero-order chi connectivity index (χ0) is 21.7. The molecule has 0 atom stereocenters. The van der Waals surface area contributed by atoms with Crippen LogP contribution in [0, 0.1) is 13.8 Å². The van der Waals surface area contributed by atoms with Gasteiger partial charge in [0.15, 0.2) is 11.5 Å². The normalized spacial score (nSPS) is 10.8. The second-order valence-electron chi connectivity index (χ2n) is 6.61. The average Bonchev–Trinajstić information content (AvgIpc) is 3.07. The number of aryl methyl sites for hydroxylation is 1. The molecule has 1 N–H and O–H groups in total. The lowest BCUT2D eigenvalue weighted by Gasteiger charge is -2.12. The first-order valence-corrected chi connectivity index (χ1v) is 9.38. The second kappa shape index (κ2) is 9.17. The molecular weight excluding hydrogens is 382 g/mol. The Morgan fingerprint density at radius 1 is 0.967 bits per heavy atom. The molecule has 0 radical (unpaired) electrons. The molecule has 0 unspecified atom stereocenters. The van der Waals surface area contributed by atoms with Crippen LogP contribution in [0.15, 0.2) is 53.6 Å². The fourth-order valence-electron chi connectivity index (χ4n) is 3.37. The summed E-state index contributed by atoms with van der Waals surface area (Å²) in [6.45, 7) is 3.88. The highest BCUT2D eigenvalue weighted by molar-refractivity contribution is 5.96. The first-order valence-electron chi connectivity index (χ1n) is 9.38. The Labute approximate surface area is 175 Å². The minimum atomic E-state index is -0.283. The third kappa shape index (κ3) is 4.15. The Bertz CT molecular complexity index is 1050. The number of carbonyl (C=O) groups is 1. The molecule has 2 aromatic carbocycles. The van der Waals surface area contributed by atoms with E-state index in [0.717, 1.165) is 17.1 Å². The molecule has 0 spiro atoms. The number of methoxy groups -OCH3 is 3. The topological polar surface area (TPSA) is 74.1 Å². The van der Waals surface area contributed by atoms with Gasteiger partial charge in [-0.05, 0) is 44.2 Å². The van der Waals surface area contributed by atoms with Crippen molar-refractivity contribution < 1.29 is 19.0 Å². The maximum Gasteiger partial charge on any atom is 0.273 e. The standard InChI is InChI=1S/C23H25N3O4/c1-15-11-19(16(2)26(15)18-9-7-6-8-10-18)23(27)25-24-14-17-12-20(28-3)22(30-5)21(13-17)29-4/h6-14H,1-5H3,(H,25,27). The SMILES string of the molecule is COc1cc(C=NNC(=O)c2cc(C)n(-c3ccccc3)c2C)cc(OC)c1OC. The molecule has 0 fully saturated rings. The van der Waals surface area contributed by atoms with Crippen molar-refractivity contribution >= 4 is 12.1 Å². The van der Waals surface area contributed by atoms with Gasteiger partial charge in [0.25, 0.3) is 5.91 Å². The van der Waals surface area contributed by atoms with E-state index < -0.39 is 0 Å². The first-order chi connectivity index (χ1) is 14.5. The van der Waals surface area contributed by atoms with Crippen LogP contribution in [0.5, 0.6) is 17.2 Å². The molecule has 30 heavy (non-hydrogen) atoms. The van der Waals surface area contributed by atoms with Crippen molar-refractivity contribution in [2.75, 3.05) is 21.3 Å². The van der Waals surface area contributed by atoms with Gasteiger partial charge in [-0.1, -0.05) is 18.2 Å². The van der Waals surface area contributed by atoms with E-state index in [-0.39, 0.29) is 5.91 Å². The minimum absolute atomic E-state index is 0.283. The number of hydrogen-bond acceptors (Lipinski definition) is 5. The number of benzene rings is 2. The van der Waals surface area contributed by atoms with Gasteiger partial charge in [-0.15, -0.1) is 0 Å². The summed E-state index contributed by atoms with van der Waals surface area (Å²) in [5.74, 6) is 1.23. The van der Waals surface area contributed by atoms with Crippen LogP contribution in [0.1, 0.15) is 27.3 Å². The number of para-hydroxylation sites is 1. The molecule has 0 aliphatic carbocycles. The third-order valence-corrected chi connectivity index (χ3v) is 4.76. The molecule has 0 aliphatic heterocycles. The van der Waals surface area contributed by atoms with Crippen molar-refractivity contribution in [3.8, 4) is 22.9 Å². The van der Waals surface area contributed by atoms with E-state index in [1.165, 1.54) is 6.21 Å². The quantitative estimate of drug-likeness (QED) is 0.476. The highest BCUT2D eigenvalue weighted by Crippen LogP contribution is 2.37. The summed E-state index contributed by atoms with van der Waals surface area (Å²) in [7, 11) is 4.63. The van der Waals surface area contributed by atoms with Gasteiger partial charge in [-0.25, -0.2) is 5.43 Å². The van der Waals surface area contributed by atoms with Gasteiger partial charge >= 0.3 is 0 Å². The zero-order valence-electron chi connectivity index (χ0n) is 17.7. The van der Waals surface area contributed by atoms with Crippen molar-refractivity contribution in [2.24, 2.45) is 5.10 Å². The fraction of sp³-hybridized carbons (Fsp3) is 0.217. The van der Waals surface area contributed by atoms with Gasteiger partial charge in [-0.2, -0.15) is 5.10 Å². The molecule has 3 rings (SSSR count). The van der Waals surface area contributed by atoms with E-state index in [0.29, 0.717) is 28.4 Å². The van der Waals surface area contributed by atoms with Crippen molar-refractivity contribution in [3.05, 3.63) is 71.0 Å². The van der Waals surface area contributed by atoms with Crippen molar-refractivity contribution in [2.45, 2.75) is 13.8 Å². The zero-order valence-corrected chi connectivity index (χ0v) is 17.7. The van der Waals surface area contributed by atoms with Gasteiger partial charge in [0.1, 0.15) is 0 Å². The second-order valence-corrected chi connectivity index (χ2v) is 6.61. The van der Waals surface area contributed by atoms with Crippen molar-refractivity contribution in [1.82, 2.24) is 9.99 Å². The highest BCUT2D eigenvalue weighted by atomic mass is 16.5. The molecule has 0 saturated carbocycles. The lowest BCUT2D eigenvalue weighted by atomic mass is 10.2. The Morgan fingerprint density at radius 2 is 1.60 bits per heavy atom. The number of nitrogens with one attached hydrogen (secondary N) is 1. The fourth-order valence-corrected chi connectivity index (χ4v) is 3.37. The monoisotopic (exact) mass is 407 g/mol. The average molecular weight is 407 g/mol. The lowest BCUT2D eigenvalue weighted by molar-refractivity contribution is 0.0954.